The van der Waals surface area contributed by atoms with E-state index in [9.17, 15) is 14.7 Å². The van der Waals surface area contributed by atoms with E-state index in [0.717, 1.165) is 44.8 Å². The van der Waals surface area contributed by atoms with Gasteiger partial charge in [0.15, 0.2) is 0 Å². The van der Waals surface area contributed by atoms with Gasteiger partial charge in [-0.15, -0.1) is 12.3 Å². The molecule has 2 N–H and O–H groups in total. The van der Waals surface area contributed by atoms with Crippen LogP contribution in [0.4, 0.5) is 0 Å². The second kappa shape index (κ2) is 9.54. The monoisotopic (exact) mass is 384 g/mol. The number of rotatable bonds is 8. The molecule has 5 unspecified atom stereocenters. The number of hydrogen-bond acceptors (Lipinski definition) is 4. The molecule has 0 aromatic rings. The molecule has 1 aliphatic heterocycles. The van der Waals surface area contributed by atoms with Gasteiger partial charge in [-0.05, 0) is 56.4 Å². The van der Waals surface area contributed by atoms with Crippen molar-refractivity contribution in [3.8, 4) is 12.3 Å². The molecule has 0 aromatic carbocycles. The van der Waals surface area contributed by atoms with E-state index in [-0.39, 0.29) is 17.9 Å². The van der Waals surface area contributed by atoms with E-state index < -0.39 is 12.3 Å². The molecule has 28 heavy (non-hydrogen) atoms. The summed E-state index contributed by atoms with van der Waals surface area (Å²) in [6.45, 7) is 2.70. The van der Waals surface area contributed by atoms with Crippen molar-refractivity contribution in [2.45, 2.75) is 76.6 Å². The van der Waals surface area contributed by atoms with E-state index >= 15 is 0 Å². The number of hydrogen-bond donors (Lipinski definition) is 2. The number of carbonyl (C=O) groups excluding carboxylic acids is 2. The van der Waals surface area contributed by atoms with Crippen LogP contribution in [0.15, 0.2) is 23.3 Å². The zero-order valence-electron chi connectivity index (χ0n) is 16.8. The lowest BCUT2D eigenvalue weighted by molar-refractivity contribution is -0.140. The van der Waals surface area contributed by atoms with Crippen LogP contribution >= 0.6 is 0 Å². The Bertz CT molecular complexity index is 690. The molecule has 152 valence electrons. The zero-order chi connectivity index (χ0) is 20.1. The Morgan fingerprint density at radius 1 is 1.50 bits per heavy atom. The molecular weight excluding hydrogens is 352 g/mol. The summed E-state index contributed by atoms with van der Waals surface area (Å²) in [5.74, 6) is 2.94. The molecule has 2 aliphatic carbocycles. The first kappa shape index (κ1) is 20.8. The number of likely N-dealkylation sites (tertiary alicyclic amines) is 1. The second-order valence-corrected chi connectivity index (χ2v) is 8.36. The lowest BCUT2D eigenvalue weighted by Gasteiger charge is -2.33. The number of aldehydes is 1. The van der Waals surface area contributed by atoms with Crippen LogP contribution in [0.3, 0.4) is 0 Å². The number of allylic oxidation sites excluding steroid dienone is 4. The largest absolute Gasteiger partial charge is 0.376 e. The molecule has 0 saturated carbocycles. The lowest BCUT2D eigenvalue weighted by Crippen LogP contribution is -2.53. The fourth-order valence-corrected chi connectivity index (χ4v) is 4.85. The summed E-state index contributed by atoms with van der Waals surface area (Å²) in [7, 11) is 0. The summed E-state index contributed by atoms with van der Waals surface area (Å²) in [5, 5.41) is 13.6. The van der Waals surface area contributed by atoms with Crippen LogP contribution in [-0.4, -0.2) is 47.1 Å². The summed E-state index contributed by atoms with van der Waals surface area (Å²) >= 11 is 0. The van der Waals surface area contributed by atoms with Gasteiger partial charge < -0.3 is 14.8 Å². The number of aliphatic hydroxyl groups excluding tert-OH is 1. The average Bonchev–Trinajstić information content (AvgIpc) is 3.36. The fourth-order valence-electron chi connectivity index (χ4n) is 4.85. The molecule has 1 heterocycles. The van der Waals surface area contributed by atoms with Gasteiger partial charge in [0.2, 0.25) is 5.91 Å². The molecule has 0 radical (unpaired) electrons. The standard InChI is InChI=1S/C23H32N2O3/c1-3-4-10-20(15-26)24-22(27)21-11-7-12-25(21)23(28)16(2)19-13-17-8-5-6-9-18(17)14-19/h1,5,8,15-16,19-22,24,27H,4,6-7,9-14H2,2H3. The lowest BCUT2D eigenvalue weighted by atomic mass is 9.88. The molecular formula is C23H32N2O3. The first-order valence-electron chi connectivity index (χ1n) is 10.6. The topological polar surface area (TPSA) is 69.6 Å². The van der Waals surface area contributed by atoms with E-state index in [2.05, 4.69) is 23.4 Å². The van der Waals surface area contributed by atoms with Crippen molar-refractivity contribution in [3.05, 3.63) is 23.3 Å². The highest BCUT2D eigenvalue weighted by atomic mass is 16.3. The van der Waals surface area contributed by atoms with Gasteiger partial charge in [0, 0.05) is 18.9 Å². The molecule has 0 aromatic heterocycles. The minimum absolute atomic E-state index is 0.0601. The third-order valence-electron chi connectivity index (χ3n) is 6.57. The highest BCUT2D eigenvalue weighted by molar-refractivity contribution is 5.79. The van der Waals surface area contributed by atoms with E-state index in [0.29, 0.717) is 25.3 Å². The van der Waals surface area contributed by atoms with Crippen LogP contribution < -0.4 is 5.32 Å². The van der Waals surface area contributed by atoms with Gasteiger partial charge in [-0.3, -0.25) is 10.1 Å². The zero-order valence-corrected chi connectivity index (χ0v) is 16.8. The number of aliphatic hydroxyl groups is 1. The van der Waals surface area contributed by atoms with Crippen molar-refractivity contribution >= 4 is 12.2 Å². The maximum absolute atomic E-state index is 13.2. The first-order valence-corrected chi connectivity index (χ1v) is 10.6. The van der Waals surface area contributed by atoms with Crippen molar-refractivity contribution in [2.24, 2.45) is 11.8 Å². The third kappa shape index (κ3) is 4.56. The van der Waals surface area contributed by atoms with Crippen molar-refractivity contribution in [1.82, 2.24) is 10.2 Å². The average molecular weight is 385 g/mol. The Labute approximate surface area is 168 Å². The predicted octanol–water partition coefficient (Wildman–Crippen LogP) is 2.56. The predicted molar refractivity (Wildman–Crippen MR) is 109 cm³/mol. The van der Waals surface area contributed by atoms with Gasteiger partial charge in [0.25, 0.3) is 0 Å². The van der Waals surface area contributed by atoms with E-state index in [1.807, 2.05) is 11.8 Å². The maximum atomic E-state index is 13.2. The highest BCUT2D eigenvalue weighted by Gasteiger charge is 2.39. The molecule has 0 bridgehead atoms. The third-order valence-corrected chi connectivity index (χ3v) is 6.57. The van der Waals surface area contributed by atoms with Crippen LogP contribution in [0.5, 0.6) is 0 Å². The van der Waals surface area contributed by atoms with Gasteiger partial charge in [-0.1, -0.05) is 24.6 Å². The van der Waals surface area contributed by atoms with Crippen LogP contribution in [0.25, 0.3) is 0 Å². The number of nitrogens with zero attached hydrogens (tertiary/aromatic N) is 1. The summed E-state index contributed by atoms with van der Waals surface area (Å²) in [4.78, 5) is 26.3. The molecule has 1 amide bonds. The molecule has 5 heteroatoms. The van der Waals surface area contributed by atoms with Crippen molar-refractivity contribution in [2.75, 3.05) is 6.54 Å². The molecule has 3 rings (SSSR count). The molecule has 3 aliphatic rings. The van der Waals surface area contributed by atoms with E-state index in [1.165, 1.54) is 11.1 Å². The summed E-state index contributed by atoms with van der Waals surface area (Å²) in [6, 6.07) is -0.773. The van der Waals surface area contributed by atoms with Gasteiger partial charge >= 0.3 is 0 Å². The smallest absolute Gasteiger partial charge is 0.226 e. The fraction of sp³-hybridized carbons (Fsp3) is 0.652. The Kier molecular flexibility index (Phi) is 7.09. The van der Waals surface area contributed by atoms with Crippen molar-refractivity contribution < 1.29 is 14.7 Å². The first-order chi connectivity index (χ1) is 13.5. The summed E-state index contributed by atoms with van der Waals surface area (Å²) in [5.41, 5.74) is 2.95. The quantitative estimate of drug-likeness (QED) is 0.383. The highest BCUT2D eigenvalue weighted by Crippen LogP contribution is 2.41. The minimum atomic E-state index is -0.913. The Balaban J connectivity index is 1.59. The van der Waals surface area contributed by atoms with Crippen LogP contribution in [-0.2, 0) is 9.59 Å². The number of carbonyl (C=O) groups is 2. The number of nitrogens with one attached hydrogen (secondary N) is 1. The molecule has 0 spiro atoms. The normalized spacial score (nSPS) is 27.2. The number of terminal acetylenes is 1. The minimum Gasteiger partial charge on any atom is -0.376 e. The van der Waals surface area contributed by atoms with Crippen molar-refractivity contribution in [1.29, 1.82) is 0 Å². The SMILES string of the molecule is C#CCCC(C=O)NC(O)C1CCCN1C(=O)C(C)C1CC2=C(CCC=C2)C1. The van der Waals surface area contributed by atoms with Crippen molar-refractivity contribution in [3.63, 3.8) is 0 Å². The van der Waals surface area contributed by atoms with Crippen LogP contribution in [0, 0.1) is 24.2 Å². The van der Waals surface area contributed by atoms with Gasteiger partial charge in [-0.2, -0.15) is 0 Å². The molecule has 5 atom stereocenters. The van der Waals surface area contributed by atoms with Gasteiger partial charge in [-0.25, -0.2) is 0 Å². The van der Waals surface area contributed by atoms with Gasteiger partial charge in [0.1, 0.15) is 12.5 Å². The molecule has 5 nitrogen and oxygen atoms in total. The molecule has 1 saturated heterocycles. The van der Waals surface area contributed by atoms with E-state index in [4.69, 9.17) is 6.42 Å². The maximum Gasteiger partial charge on any atom is 0.226 e. The Morgan fingerprint density at radius 2 is 2.32 bits per heavy atom. The van der Waals surface area contributed by atoms with Crippen LogP contribution in [0.2, 0.25) is 0 Å². The second-order valence-electron chi connectivity index (χ2n) is 8.36. The Hall–Kier alpha value is -1.90. The molecule has 1 fully saturated rings. The van der Waals surface area contributed by atoms with Gasteiger partial charge in [0.05, 0.1) is 12.1 Å². The Morgan fingerprint density at radius 3 is 3.04 bits per heavy atom. The van der Waals surface area contributed by atoms with E-state index in [1.54, 1.807) is 0 Å². The van der Waals surface area contributed by atoms with Crippen LogP contribution in [0.1, 0.15) is 58.3 Å². The summed E-state index contributed by atoms with van der Waals surface area (Å²) < 4.78 is 0. The summed E-state index contributed by atoms with van der Waals surface area (Å²) in [6.07, 6.45) is 16.4. The number of amides is 1.